The predicted octanol–water partition coefficient (Wildman–Crippen LogP) is 14.7. The van der Waals surface area contributed by atoms with Gasteiger partial charge in [-0.3, -0.25) is 14.4 Å². The Morgan fingerprint density at radius 2 is 0.660 bits per heavy atom. The van der Waals surface area contributed by atoms with E-state index < -0.39 is 6.10 Å². The van der Waals surface area contributed by atoms with Gasteiger partial charge in [-0.1, -0.05) is 220 Å². The van der Waals surface area contributed by atoms with Crippen molar-refractivity contribution in [3.05, 3.63) is 0 Å². The lowest BCUT2D eigenvalue weighted by Crippen LogP contribution is -2.30. The van der Waals surface area contributed by atoms with Crippen LogP contribution in [-0.2, 0) is 28.6 Å². The summed E-state index contributed by atoms with van der Waals surface area (Å²) in [6.45, 7) is 8.97. The quantitative estimate of drug-likeness (QED) is 0.0351. The molecule has 0 N–H and O–H groups in total. The molecule has 0 amide bonds. The SMILES string of the molecule is CCCCCCCCCCCCCCCC(=O)OC[C@H](COC(=O)CCCCCCCCCCCCCC)OC(=O)CCCCCCCCC(C)CC. The first kappa shape index (κ1) is 51.4. The summed E-state index contributed by atoms with van der Waals surface area (Å²) in [4.78, 5) is 37.7. The Balaban J connectivity index is 4.32. The summed E-state index contributed by atoms with van der Waals surface area (Å²) in [6, 6.07) is 0. The van der Waals surface area contributed by atoms with Gasteiger partial charge in [-0.25, -0.2) is 0 Å². The molecule has 2 atom stereocenters. The van der Waals surface area contributed by atoms with E-state index in [0.29, 0.717) is 19.3 Å². The van der Waals surface area contributed by atoms with Crippen molar-refractivity contribution in [1.29, 1.82) is 0 Å². The molecule has 53 heavy (non-hydrogen) atoms. The van der Waals surface area contributed by atoms with E-state index >= 15 is 0 Å². The fourth-order valence-corrected chi connectivity index (χ4v) is 6.95. The number of rotatable bonds is 42. The number of hydrogen-bond donors (Lipinski definition) is 0. The molecule has 0 aliphatic carbocycles. The van der Waals surface area contributed by atoms with Gasteiger partial charge in [0.25, 0.3) is 0 Å². The molecule has 1 unspecified atom stereocenters. The van der Waals surface area contributed by atoms with Crippen LogP contribution in [0, 0.1) is 5.92 Å². The van der Waals surface area contributed by atoms with Gasteiger partial charge < -0.3 is 14.2 Å². The van der Waals surface area contributed by atoms with E-state index in [1.54, 1.807) is 0 Å². The molecular weight excluding hydrogens is 661 g/mol. The standard InChI is InChI=1S/C47H90O6/c1-5-8-10-12-14-16-18-20-22-24-26-31-35-39-46(49)52-42-44(53-47(50)40-36-32-28-27-29-33-37-43(4)7-3)41-51-45(48)38-34-30-25-23-21-19-17-15-13-11-9-6-2/h43-44H,5-42H2,1-4H3/t43?,44-/m0/s1. The number of ether oxygens (including phenoxy) is 3. The molecule has 0 aromatic carbocycles. The molecule has 0 saturated heterocycles. The minimum absolute atomic E-state index is 0.0644. The molecule has 0 aliphatic rings. The van der Waals surface area contributed by atoms with Crippen LogP contribution >= 0.6 is 0 Å². The Morgan fingerprint density at radius 1 is 0.377 bits per heavy atom. The van der Waals surface area contributed by atoms with E-state index in [4.69, 9.17) is 14.2 Å². The Kier molecular flexibility index (Phi) is 40.3. The summed E-state index contributed by atoms with van der Waals surface area (Å²) in [5.74, 6) is -0.0452. The van der Waals surface area contributed by atoms with E-state index in [0.717, 1.165) is 63.7 Å². The van der Waals surface area contributed by atoms with Gasteiger partial charge in [0.15, 0.2) is 6.10 Å². The number of esters is 3. The molecule has 0 fully saturated rings. The molecule has 0 rings (SSSR count). The number of carbonyl (C=O) groups is 3. The summed E-state index contributed by atoms with van der Waals surface area (Å²) >= 11 is 0. The summed E-state index contributed by atoms with van der Waals surface area (Å²) in [7, 11) is 0. The van der Waals surface area contributed by atoms with Crippen LogP contribution in [0.3, 0.4) is 0 Å². The molecule has 0 spiro atoms. The molecule has 0 radical (unpaired) electrons. The second-order valence-electron chi connectivity index (χ2n) is 16.3. The van der Waals surface area contributed by atoms with Gasteiger partial charge in [-0.05, 0) is 25.2 Å². The van der Waals surface area contributed by atoms with Crippen molar-refractivity contribution >= 4 is 17.9 Å². The van der Waals surface area contributed by atoms with E-state index in [-0.39, 0.29) is 31.1 Å². The van der Waals surface area contributed by atoms with Crippen LogP contribution in [0.5, 0.6) is 0 Å². The van der Waals surface area contributed by atoms with E-state index in [1.807, 2.05) is 0 Å². The average molecular weight is 751 g/mol. The van der Waals surface area contributed by atoms with Crippen LogP contribution in [-0.4, -0.2) is 37.2 Å². The molecule has 6 heteroatoms. The van der Waals surface area contributed by atoms with Crippen LogP contribution in [0.25, 0.3) is 0 Å². The molecule has 0 aromatic heterocycles. The molecule has 0 aromatic rings. The maximum Gasteiger partial charge on any atom is 0.306 e. The Hall–Kier alpha value is -1.59. The van der Waals surface area contributed by atoms with Gasteiger partial charge in [0, 0.05) is 19.3 Å². The maximum atomic E-state index is 12.7. The second-order valence-corrected chi connectivity index (χ2v) is 16.3. The highest BCUT2D eigenvalue weighted by molar-refractivity contribution is 5.71. The fourth-order valence-electron chi connectivity index (χ4n) is 6.95. The Bertz CT molecular complexity index is 798. The van der Waals surface area contributed by atoms with E-state index in [2.05, 4.69) is 27.7 Å². The molecule has 0 saturated carbocycles. The average Bonchev–Trinajstić information content (AvgIpc) is 3.15. The predicted molar refractivity (Wildman–Crippen MR) is 224 cm³/mol. The number of unbranched alkanes of at least 4 members (excludes halogenated alkanes) is 28. The highest BCUT2D eigenvalue weighted by Crippen LogP contribution is 2.17. The van der Waals surface area contributed by atoms with Gasteiger partial charge >= 0.3 is 17.9 Å². The van der Waals surface area contributed by atoms with Crippen LogP contribution in [0.15, 0.2) is 0 Å². The molecule has 0 aliphatic heterocycles. The van der Waals surface area contributed by atoms with Crippen molar-refractivity contribution in [2.24, 2.45) is 5.92 Å². The van der Waals surface area contributed by atoms with Crippen LogP contribution in [0.2, 0.25) is 0 Å². The lowest BCUT2D eigenvalue weighted by molar-refractivity contribution is -0.167. The van der Waals surface area contributed by atoms with Gasteiger partial charge in [-0.15, -0.1) is 0 Å². The van der Waals surface area contributed by atoms with Crippen molar-refractivity contribution in [2.45, 2.75) is 265 Å². The van der Waals surface area contributed by atoms with E-state index in [9.17, 15) is 14.4 Å². The molecule has 0 bridgehead atoms. The maximum absolute atomic E-state index is 12.7. The van der Waals surface area contributed by atoms with Gasteiger partial charge in [0.05, 0.1) is 0 Å². The van der Waals surface area contributed by atoms with Gasteiger partial charge in [0.1, 0.15) is 13.2 Å². The van der Waals surface area contributed by atoms with E-state index in [1.165, 1.54) is 154 Å². The summed E-state index contributed by atoms with van der Waals surface area (Å²) < 4.78 is 16.7. The number of hydrogen-bond acceptors (Lipinski definition) is 6. The third-order valence-corrected chi connectivity index (χ3v) is 10.9. The van der Waals surface area contributed by atoms with Crippen molar-refractivity contribution in [3.8, 4) is 0 Å². The Labute approximate surface area is 329 Å². The highest BCUT2D eigenvalue weighted by Gasteiger charge is 2.19. The molecule has 314 valence electrons. The minimum atomic E-state index is -0.760. The monoisotopic (exact) mass is 751 g/mol. The molecule has 0 heterocycles. The minimum Gasteiger partial charge on any atom is -0.462 e. The van der Waals surface area contributed by atoms with Gasteiger partial charge in [-0.2, -0.15) is 0 Å². The largest absolute Gasteiger partial charge is 0.462 e. The summed E-state index contributed by atoms with van der Waals surface area (Å²) in [5.41, 5.74) is 0. The van der Waals surface area contributed by atoms with Crippen molar-refractivity contribution in [1.82, 2.24) is 0 Å². The first-order chi connectivity index (χ1) is 25.9. The normalized spacial score (nSPS) is 12.5. The van der Waals surface area contributed by atoms with Crippen LogP contribution in [0.4, 0.5) is 0 Å². The first-order valence-corrected chi connectivity index (χ1v) is 23.4. The topological polar surface area (TPSA) is 78.9 Å². The lowest BCUT2D eigenvalue weighted by Gasteiger charge is -2.18. The summed E-state index contributed by atoms with van der Waals surface area (Å²) in [5, 5.41) is 0. The third kappa shape index (κ3) is 39.9. The molecule has 6 nitrogen and oxygen atoms in total. The lowest BCUT2D eigenvalue weighted by atomic mass is 10.00. The fraction of sp³-hybridized carbons (Fsp3) is 0.936. The van der Waals surface area contributed by atoms with Crippen molar-refractivity contribution in [3.63, 3.8) is 0 Å². The van der Waals surface area contributed by atoms with Crippen LogP contribution < -0.4 is 0 Å². The van der Waals surface area contributed by atoms with Crippen LogP contribution in [0.1, 0.15) is 259 Å². The zero-order valence-electron chi connectivity index (χ0n) is 36.0. The first-order valence-electron chi connectivity index (χ1n) is 23.4. The second kappa shape index (κ2) is 41.6. The van der Waals surface area contributed by atoms with Crippen molar-refractivity contribution in [2.75, 3.05) is 13.2 Å². The number of carbonyl (C=O) groups excluding carboxylic acids is 3. The smallest absolute Gasteiger partial charge is 0.306 e. The third-order valence-electron chi connectivity index (χ3n) is 10.9. The summed E-state index contributed by atoms with van der Waals surface area (Å²) in [6.07, 6.45) is 40.8. The van der Waals surface area contributed by atoms with Gasteiger partial charge in [0.2, 0.25) is 0 Å². The van der Waals surface area contributed by atoms with Crippen molar-refractivity contribution < 1.29 is 28.6 Å². The Morgan fingerprint density at radius 3 is 0.981 bits per heavy atom. The zero-order valence-corrected chi connectivity index (χ0v) is 36.0. The highest BCUT2D eigenvalue weighted by atomic mass is 16.6. The zero-order chi connectivity index (χ0) is 38.9. The molecular formula is C47H90O6.